The Morgan fingerprint density at radius 3 is 2.95 bits per heavy atom. The Labute approximate surface area is 134 Å². The lowest BCUT2D eigenvalue weighted by molar-refractivity contribution is 0.193. The Hall–Kier alpha value is -1.22. The fourth-order valence-electron chi connectivity index (χ4n) is 2.57. The van der Waals surface area contributed by atoms with Gasteiger partial charge in [0.25, 0.3) is 0 Å². The Kier molecular flexibility index (Phi) is 4.62. The average Bonchev–Trinajstić information content (AvgIpc) is 3.14. The van der Waals surface area contributed by atoms with Gasteiger partial charge in [0.05, 0.1) is 5.75 Å². The molecule has 3 rings (SSSR count). The van der Waals surface area contributed by atoms with Crippen molar-refractivity contribution >= 4 is 21.4 Å². The molecule has 2 aromatic heterocycles. The molecule has 1 aliphatic heterocycles. The number of aromatic amines is 1. The topological polar surface area (TPSA) is 78.1 Å². The molecule has 0 saturated carbocycles. The number of nitrogens with one attached hydrogen (secondary N) is 2. The van der Waals surface area contributed by atoms with Gasteiger partial charge >= 0.3 is 0 Å². The van der Waals surface area contributed by atoms with Crippen LogP contribution in [0.15, 0.2) is 29.9 Å². The summed E-state index contributed by atoms with van der Waals surface area (Å²) < 4.78 is 25.0. The first kappa shape index (κ1) is 15.7. The van der Waals surface area contributed by atoms with Gasteiger partial charge in [-0.2, -0.15) is 0 Å². The predicted molar refractivity (Wildman–Crippen MR) is 87.3 cm³/mol. The van der Waals surface area contributed by atoms with Crippen LogP contribution in [0.3, 0.4) is 0 Å². The number of hydrogen-bond donors (Lipinski definition) is 2. The van der Waals surface area contributed by atoms with E-state index in [0.717, 1.165) is 12.4 Å². The van der Waals surface area contributed by atoms with Crippen LogP contribution in [0.25, 0.3) is 0 Å². The maximum absolute atomic E-state index is 11.7. The van der Waals surface area contributed by atoms with Gasteiger partial charge in [-0.15, -0.1) is 11.3 Å². The molecule has 0 spiro atoms. The second-order valence-electron chi connectivity index (χ2n) is 5.41. The van der Waals surface area contributed by atoms with Crippen molar-refractivity contribution in [3.63, 3.8) is 0 Å². The largest absolute Gasteiger partial charge is 0.347 e. The highest BCUT2D eigenvalue weighted by Crippen LogP contribution is 2.25. The van der Waals surface area contributed by atoms with Gasteiger partial charge in [0.15, 0.2) is 0 Å². The zero-order chi connectivity index (χ0) is 15.6. The predicted octanol–water partition coefficient (Wildman–Crippen LogP) is 1.43. The standard InChI is InChI=1S/C14H20N4O2S2/c1-2-22(19,20)18-9-11(10-18)8-17-13(12-4-3-7-21-12)14-15-5-6-16-14/h3-7,11,13,17H,2,8-10H2,1H3,(H,15,16)/t13-/m0/s1. The van der Waals surface area contributed by atoms with E-state index in [1.807, 2.05) is 17.6 Å². The molecule has 8 heteroatoms. The van der Waals surface area contributed by atoms with Gasteiger partial charge in [0.1, 0.15) is 11.9 Å². The average molecular weight is 340 g/mol. The fourth-order valence-corrected chi connectivity index (χ4v) is 4.61. The molecule has 120 valence electrons. The van der Waals surface area contributed by atoms with E-state index >= 15 is 0 Å². The summed E-state index contributed by atoms with van der Waals surface area (Å²) in [5.74, 6) is 1.43. The molecule has 6 nitrogen and oxygen atoms in total. The Morgan fingerprint density at radius 1 is 1.55 bits per heavy atom. The van der Waals surface area contributed by atoms with Crippen LogP contribution in [0, 0.1) is 5.92 Å². The van der Waals surface area contributed by atoms with Crippen molar-refractivity contribution in [3.05, 3.63) is 40.6 Å². The molecule has 3 heterocycles. The van der Waals surface area contributed by atoms with Crippen molar-refractivity contribution < 1.29 is 8.42 Å². The molecule has 0 unspecified atom stereocenters. The Balaban J connectivity index is 1.58. The Morgan fingerprint density at radius 2 is 2.36 bits per heavy atom. The molecule has 2 aromatic rings. The molecule has 0 bridgehead atoms. The van der Waals surface area contributed by atoms with E-state index in [9.17, 15) is 8.42 Å². The summed E-state index contributed by atoms with van der Waals surface area (Å²) in [5.41, 5.74) is 0. The highest BCUT2D eigenvalue weighted by Gasteiger charge is 2.34. The van der Waals surface area contributed by atoms with Gasteiger partial charge in [0, 0.05) is 36.9 Å². The lowest BCUT2D eigenvalue weighted by Crippen LogP contribution is -2.53. The maximum Gasteiger partial charge on any atom is 0.213 e. The molecule has 0 amide bonds. The molecule has 1 atom stereocenters. The van der Waals surface area contributed by atoms with Crippen LogP contribution in [-0.2, 0) is 10.0 Å². The van der Waals surface area contributed by atoms with Crippen molar-refractivity contribution in [2.75, 3.05) is 25.4 Å². The van der Waals surface area contributed by atoms with Gasteiger partial charge in [-0.1, -0.05) is 6.07 Å². The summed E-state index contributed by atoms with van der Waals surface area (Å²) in [6, 6.07) is 4.14. The van der Waals surface area contributed by atoms with E-state index in [1.54, 1.807) is 28.8 Å². The second kappa shape index (κ2) is 6.49. The van der Waals surface area contributed by atoms with Crippen LogP contribution in [0.1, 0.15) is 23.7 Å². The summed E-state index contributed by atoms with van der Waals surface area (Å²) in [7, 11) is -3.03. The molecule has 22 heavy (non-hydrogen) atoms. The normalized spacial score (nSPS) is 18.2. The van der Waals surface area contributed by atoms with Crippen LogP contribution in [0.5, 0.6) is 0 Å². The zero-order valence-electron chi connectivity index (χ0n) is 12.4. The van der Waals surface area contributed by atoms with Crippen LogP contribution in [0.2, 0.25) is 0 Å². The Bertz CT molecular complexity index is 642. The van der Waals surface area contributed by atoms with Crippen molar-refractivity contribution in [2.24, 2.45) is 5.92 Å². The SMILES string of the molecule is CCS(=O)(=O)N1CC(CN[C@H](c2ncc[nH]2)c2cccs2)C1. The van der Waals surface area contributed by atoms with Crippen molar-refractivity contribution in [3.8, 4) is 0 Å². The van der Waals surface area contributed by atoms with Crippen LogP contribution in [-0.4, -0.2) is 48.1 Å². The van der Waals surface area contributed by atoms with Crippen molar-refractivity contribution in [1.82, 2.24) is 19.6 Å². The molecule has 1 fully saturated rings. The summed E-state index contributed by atoms with van der Waals surface area (Å²) in [6.07, 6.45) is 3.56. The van der Waals surface area contributed by atoms with Crippen molar-refractivity contribution in [1.29, 1.82) is 0 Å². The van der Waals surface area contributed by atoms with E-state index in [0.29, 0.717) is 19.0 Å². The summed E-state index contributed by atoms with van der Waals surface area (Å²) in [5, 5.41) is 5.56. The van der Waals surface area contributed by atoms with Crippen molar-refractivity contribution in [2.45, 2.75) is 13.0 Å². The number of imidazole rings is 1. The number of thiophene rings is 1. The first-order valence-electron chi connectivity index (χ1n) is 7.34. The fraction of sp³-hybridized carbons (Fsp3) is 0.500. The lowest BCUT2D eigenvalue weighted by Gasteiger charge is -2.38. The molecule has 1 saturated heterocycles. The molecular formula is C14H20N4O2S2. The summed E-state index contributed by atoms with van der Waals surface area (Å²) in [6.45, 7) is 3.68. The minimum Gasteiger partial charge on any atom is -0.347 e. The number of nitrogens with zero attached hydrogens (tertiary/aromatic N) is 2. The minimum absolute atomic E-state index is 0.0341. The smallest absolute Gasteiger partial charge is 0.213 e. The number of sulfonamides is 1. The summed E-state index contributed by atoms with van der Waals surface area (Å²) >= 11 is 1.69. The number of H-pyrrole nitrogens is 1. The maximum atomic E-state index is 11.7. The monoisotopic (exact) mass is 340 g/mol. The third-order valence-electron chi connectivity index (χ3n) is 3.91. The first-order chi connectivity index (χ1) is 10.6. The van der Waals surface area contributed by atoms with E-state index in [1.165, 1.54) is 4.88 Å². The molecule has 2 N–H and O–H groups in total. The van der Waals surface area contributed by atoms with Gasteiger partial charge in [-0.05, 0) is 24.3 Å². The van der Waals surface area contributed by atoms with Gasteiger partial charge in [-0.25, -0.2) is 17.7 Å². The highest BCUT2D eigenvalue weighted by atomic mass is 32.2. The van der Waals surface area contributed by atoms with Crippen LogP contribution >= 0.6 is 11.3 Å². The van der Waals surface area contributed by atoms with Gasteiger partial charge in [-0.3, -0.25) is 0 Å². The van der Waals surface area contributed by atoms with Gasteiger partial charge < -0.3 is 10.3 Å². The minimum atomic E-state index is -3.03. The molecular weight excluding hydrogens is 320 g/mol. The quantitative estimate of drug-likeness (QED) is 0.799. The second-order valence-corrected chi connectivity index (χ2v) is 8.65. The molecule has 0 aliphatic carbocycles. The molecule has 0 aromatic carbocycles. The summed E-state index contributed by atoms with van der Waals surface area (Å²) in [4.78, 5) is 8.70. The molecule has 1 aliphatic rings. The number of aromatic nitrogens is 2. The lowest BCUT2D eigenvalue weighted by atomic mass is 10.0. The highest BCUT2D eigenvalue weighted by molar-refractivity contribution is 7.89. The zero-order valence-corrected chi connectivity index (χ0v) is 14.0. The third kappa shape index (κ3) is 3.24. The van der Waals surface area contributed by atoms with E-state index in [2.05, 4.69) is 21.4 Å². The van der Waals surface area contributed by atoms with E-state index in [-0.39, 0.29) is 11.8 Å². The van der Waals surface area contributed by atoms with Gasteiger partial charge in [0.2, 0.25) is 10.0 Å². The third-order valence-corrected chi connectivity index (χ3v) is 6.66. The van der Waals surface area contributed by atoms with Crippen LogP contribution in [0.4, 0.5) is 0 Å². The van der Waals surface area contributed by atoms with Crippen LogP contribution < -0.4 is 5.32 Å². The van der Waals surface area contributed by atoms with E-state index in [4.69, 9.17) is 0 Å². The number of rotatable bonds is 7. The first-order valence-corrected chi connectivity index (χ1v) is 9.83. The van der Waals surface area contributed by atoms with E-state index < -0.39 is 10.0 Å². The number of hydrogen-bond acceptors (Lipinski definition) is 5. The molecule has 0 radical (unpaired) electrons.